The first-order valence-electron chi connectivity index (χ1n) is 5.61. The lowest BCUT2D eigenvalue weighted by molar-refractivity contribution is 0.150. The van der Waals surface area contributed by atoms with Crippen molar-refractivity contribution in [3.8, 4) is 0 Å². The summed E-state index contributed by atoms with van der Waals surface area (Å²) in [6, 6.07) is 9.65. The van der Waals surface area contributed by atoms with Crippen molar-refractivity contribution in [2.24, 2.45) is 0 Å². The van der Waals surface area contributed by atoms with Crippen LogP contribution in [-0.4, -0.2) is 30.0 Å². The smallest absolute Gasteiger partial charge is 0.408 e. The molecule has 1 aromatic carbocycles. The Labute approximate surface area is 99.9 Å². The molecule has 1 aliphatic rings. The third kappa shape index (κ3) is 3.07. The number of nitrogens with one attached hydrogen (secondary N) is 1. The van der Waals surface area contributed by atoms with Gasteiger partial charge in [0.1, 0.15) is 6.10 Å². The number of aliphatic hydroxyl groups excluding tert-OH is 1. The summed E-state index contributed by atoms with van der Waals surface area (Å²) in [7, 11) is 0. The molecule has 2 atom stereocenters. The second-order valence-electron chi connectivity index (χ2n) is 3.90. The van der Waals surface area contributed by atoms with Gasteiger partial charge >= 0.3 is 6.09 Å². The van der Waals surface area contributed by atoms with Gasteiger partial charge < -0.3 is 15.2 Å². The molecule has 1 fully saturated rings. The first-order chi connectivity index (χ1) is 8.29. The Balaban J connectivity index is 2.02. The number of alkyl carbamates (subject to hydrolysis) is 1. The molecule has 0 radical (unpaired) electrons. The van der Waals surface area contributed by atoms with Gasteiger partial charge in [0, 0.05) is 6.61 Å². The number of carbonyl (C=O) groups excluding carboxylic acids is 1. The molecule has 0 unspecified atom stereocenters. The summed E-state index contributed by atoms with van der Waals surface area (Å²) in [5, 5.41) is 11.6. The van der Waals surface area contributed by atoms with E-state index in [1.165, 1.54) is 0 Å². The maximum atomic E-state index is 11.1. The van der Waals surface area contributed by atoms with Crippen LogP contribution in [0.3, 0.4) is 0 Å². The van der Waals surface area contributed by atoms with Crippen molar-refractivity contribution in [3.05, 3.63) is 42.0 Å². The van der Waals surface area contributed by atoms with Crippen LogP contribution in [0.25, 0.3) is 6.08 Å². The van der Waals surface area contributed by atoms with Crippen LogP contribution in [-0.2, 0) is 4.74 Å². The molecule has 0 aliphatic carbocycles. The zero-order chi connectivity index (χ0) is 12.1. The maximum Gasteiger partial charge on any atom is 0.408 e. The second-order valence-corrected chi connectivity index (χ2v) is 3.90. The van der Waals surface area contributed by atoms with E-state index in [0.29, 0.717) is 6.42 Å². The lowest BCUT2D eigenvalue weighted by Crippen LogP contribution is -2.31. The molecule has 0 saturated carbocycles. The Kier molecular flexibility index (Phi) is 3.77. The zero-order valence-corrected chi connectivity index (χ0v) is 9.37. The highest BCUT2D eigenvalue weighted by Gasteiger charge is 2.31. The van der Waals surface area contributed by atoms with Crippen LogP contribution >= 0.6 is 0 Å². The van der Waals surface area contributed by atoms with Crippen molar-refractivity contribution in [1.82, 2.24) is 5.32 Å². The van der Waals surface area contributed by atoms with E-state index in [0.717, 1.165) is 5.56 Å². The fourth-order valence-corrected chi connectivity index (χ4v) is 1.79. The van der Waals surface area contributed by atoms with Gasteiger partial charge in [0.15, 0.2) is 0 Å². The molecule has 90 valence electrons. The van der Waals surface area contributed by atoms with Crippen LogP contribution in [0.15, 0.2) is 36.4 Å². The summed E-state index contributed by atoms with van der Waals surface area (Å²) in [6.45, 7) is 0.0317. The van der Waals surface area contributed by atoms with Gasteiger partial charge in [-0.15, -0.1) is 0 Å². The zero-order valence-electron chi connectivity index (χ0n) is 9.37. The van der Waals surface area contributed by atoms with Crippen LogP contribution in [0.1, 0.15) is 12.0 Å². The normalized spacial score (nSPS) is 23.7. The average Bonchev–Trinajstić information content (AvgIpc) is 2.69. The van der Waals surface area contributed by atoms with Crippen molar-refractivity contribution in [1.29, 1.82) is 0 Å². The Morgan fingerprint density at radius 1 is 1.35 bits per heavy atom. The molecule has 17 heavy (non-hydrogen) atoms. The predicted octanol–water partition coefficient (Wildman–Crippen LogP) is 1.56. The number of cyclic esters (lactones) is 1. The van der Waals surface area contributed by atoms with Gasteiger partial charge in [0.25, 0.3) is 0 Å². The number of benzene rings is 1. The summed E-state index contributed by atoms with van der Waals surface area (Å²) in [5.41, 5.74) is 1.05. The molecule has 0 aromatic heterocycles. The molecule has 0 spiro atoms. The van der Waals surface area contributed by atoms with Gasteiger partial charge in [-0.1, -0.05) is 36.4 Å². The monoisotopic (exact) mass is 233 g/mol. The van der Waals surface area contributed by atoms with Gasteiger partial charge in [-0.2, -0.15) is 0 Å². The van der Waals surface area contributed by atoms with E-state index >= 15 is 0 Å². The van der Waals surface area contributed by atoms with E-state index < -0.39 is 6.09 Å². The van der Waals surface area contributed by atoms with E-state index in [4.69, 9.17) is 9.84 Å². The molecule has 4 nitrogen and oxygen atoms in total. The number of ether oxygens (including phenoxy) is 1. The van der Waals surface area contributed by atoms with Crippen molar-refractivity contribution in [2.45, 2.75) is 18.6 Å². The fourth-order valence-electron chi connectivity index (χ4n) is 1.79. The third-order valence-electron chi connectivity index (χ3n) is 2.66. The van der Waals surface area contributed by atoms with E-state index in [2.05, 4.69) is 5.32 Å². The predicted molar refractivity (Wildman–Crippen MR) is 64.4 cm³/mol. The van der Waals surface area contributed by atoms with Gasteiger partial charge in [-0.25, -0.2) is 4.79 Å². The van der Waals surface area contributed by atoms with Crippen LogP contribution in [0, 0.1) is 0 Å². The largest absolute Gasteiger partial charge is 0.440 e. The Bertz CT molecular complexity index is 402. The fraction of sp³-hybridized carbons (Fsp3) is 0.308. The number of aliphatic hydroxyl groups is 1. The SMILES string of the molecule is O=C1N[C@@H](CCO)[C@@H](/C=C/c2ccccc2)O1. The highest BCUT2D eigenvalue weighted by atomic mass is 16.6. The molecule has 1 aromatic rings. The molecule has 2 rings (SSSR count). The molecular weight excluding hydrogens is 218 g/mol. The van der Waals surface area contributed by atoms with E-state index in [-0.39, 0.29) is 18.8 Å². The first kappa shape index (κ1) is 11.7. The van der Waals surface area contributed by atoms with E-state index in [1.807, 2.05) is 42.5 Å². The van der Waals surface area contributed by atoms with Crippen molar-refractivity contribution in [2.75, 3.05) is 6.61 Å². The quantitative estimate of drug-likeness (QED) is 0.829. The summed E-state index contributed by atoms with van der Waals surface area (Å²) >= 11 is 0. The van der Waals surface area contributed by atoms with Crippen LogP contribution in [0.2, 0.25) is 0 Å². The van der Waals surface area contributed by atoms with Gasteiger partial charge in [0.05, 0.1) is 6.04 Å². The standard InChI is InChI=1S/C13H15NO3/c15-9-8-11-12(17-13(16)14-11)7-6-10-4-2-1-3-5-10/h1-7,11-12,15H,8-9H2,(H,14,16)/b7-6+/t11-,12+/m0/s1. The number of amides is 1. The maximum absolute atomic E-state index is 11.1. The summed E-state index contributed by atoms with van der Waals surface area (Å²) in [5.74, 6) is 0. The molecule has 1 amide bonds. The van der Waals surface area contributed by atoms with Crippen molar-refractivity contribution >= 4 is 12.2 Å². The molecule has 0 bridgehead atoms. The number of carbonyl (C=O) groups is 1. The molecule has 2 N–H and O–H groups in total. The number of rotatable bonds is 4. The van der Waals surface area contributed by atoms with Crippen LogP contribution < -0.4 is 5.32 Å². The minimum Gasteiger partial charge on any atom is -0.440 e. The molecule has 1 heterocycles. The number of hydrogen-bond acceptors (Lipinski definition) is 3. The summed E-state index contributed by atoms with van der Waals surface area (Å²) in [6.07, 6.45) is 3.51. The first-order valence-corrected chi connectivity index (χ1v) is 5.61. The lowest BCUT2D eigenvalue weighted by atomic mass is 10.1. The van der Waals surface area contributed by atoms with Crippen molar-refractivity contribution in [3.63, 3.8) is 0 Å². The lowest BCUT2D eigenvalue weighted by Gasteiger charge is -2.11. The molecule has 4 heteroatoms. The van der Waals surface area contributed by atoms with Gasteiger partial charge in [-0.05, 0) is 18.1 Å². The van der Waals surface area contributed by atoms with Gasteiger partial charge in [0.2, 0.25) is 0 Å². The topological polar surface area (TPSA) is 58.6 Å². The third-order valence-corrected chi connectivity index (χ3v) is 2.66. The second kappa shape index (κ2) is 5.50. The Hall–Kier alpha value is -1.81. The molecule has 1 saturated heterocycles. The van der Waals surface area contributed by atoms with Gasteiger partial charge in [-0.3, -0.25) is 0 Å². The summed E-state index contributed by atoms with van der Waals surface area (Å²) in [4.78, 5) is 11.1. The van der Waals surface area contributed by atoms with Crippen LogP contribution in [0.4, 0.5) is 4.79 Å². The Morgan fingerprint density at radius 2 is 2.12 bits per heavy atom. The molecule has 1 aliphatic heterocycles. The average molecular weight is 233 g/mol. The number of hydrogen-bond donors (Lipinski definition) is 2. The minimum absolute atomic E-state index is 0.0317. The summed E-state index contributed by atoms with van der Waals surface area (Å²) < 4.78 is 5.10. The minimum atomic E-state index is -0.425. The van der Waals surface area contributed by atoms with E-state index in [1.54, 1.807) is 0 Å². The Morgan fingerprint density at radius 3 is 2.82 bits per heavy atom. The van der Waals surface area contributed by atoms with Crippen molar-refractivity contribution < 1.29 is 14.6 Å². The highest BCUT2D eigenvalue weighted by molar-refractivity contribution is 5.71. The van der Waals surface area contributed by atoms with E-state index in [9.17, 15) is 4.79 Å². The highest BCUT2D eigenvalue weighted by Crippen LogP contribution is 2.14. The van der Waals surface area contributed by atoms with Crippen LogP contribution in [0.5, 0.6) is 0 Å². The molecular formula is C13H15NO3.